The first-order valence-electron chi connectivity index (χ1n) is 8.29. The maximum absolute atomic E-state index is 13.0. The van der Waals surface area contributed by atoms with Crippen LogP contribution in [0.25, 0.3) is 6.08 Å². The number of rotatable bonds is 3. The fourth-order valence-electron chi connectivity index (χ4n) is 3.72. The summed E-state index contributed by atoms with van der Waals surface area (Å²) in [4.78, 5) is 29.9. The van der Waals surface area contributed by atoms with Crippen LogP contribution in [0.5, 0.6) is 0 Å². The van der Waals surface area contributed by atoms with Gasteiger partial charge in [-0.15, -0.1) is 0 Å². The van der Waals surface area contributed by atoms with Gasteiger partial charge in [0.15, 0.2) is 15.2 Å². The number of carboxylic acid groups (broad SMARTS) is 1. The fourth-order valence-corrected chi connectivity index (χ4v) is 6.06. The largest absolute Gasteiger partial charge is 0.480 e. The molecule has 1 amide bonds. The van der Waals surface area contributed by atoms with E-state index in [1.54, 1.807) is 54.7 Å². The van der Waals surface area contributed by atoms with Gasteiger partial charge in [0.25, 0.3) is 5.91 Å². The summed E-state index contributed by atoms with van der Waals surface area (Å²) in [5.41, 5.74) is -0.702. The first kappa shape index (κ1) is 17.4. The van der Waals surface area contributed by atoms with E-state index in [9.17, 15) is 23.1 Å². The second-order valence-corrected chi connectivity index (χ2v) is 8.76. The van der Waals surface area contributed by atoms with Gasteiger partial charge in [-0.2, -0.15) is 0 Å². The Morgan fingerprint density at radius 2 is 1.89 bits per heavy atom. The molecule has 2 saturated heterocycles. The van der Waals surface area contributed by atoms with Gasteiger partial charge in [-0.25, -0.2) is 8.42 Å². The van der Waals surface area contributed by atoms with Crippen LogP contribution >= 0.6 is 0 Å². The van der Waals surface area contributed by atoms with Crippen molar-refractivity contribution < 1.29 is 23.1 Å². The third kappa shape index (κ3) is 2.64. The SMILES string of the molecule is O=C1C(=Cc2ccccn2)[C@@H]2N1CC(C(=O)O)(c1ccccc1)CS2(=O)=O. The van der Waals surface area contributed by atoms with Crippen molar-refractivity contribution >= 4 is 27.8 Å². The van der Waals surface area contributed by atoms with E-state index in [2.05, 4.69) is 4.98 Å². The van der Waals surface area contributed by atoms with Crippen LogP contribution in [-0.4, -0.2) is 53.0 Å². The van der Waals surface area contributed by atoms with Gasteiger partial charge in [-0.05, 0) is 23.8 Å². The lowest BCUT2D eigenvalue weighted by molar-refractivity contribution is -0.147. The predicted octanol–water partition coefficient (Wildman–Crippen LogP) is 1.08. The van der Waals surface area contributed by atoms with Crippen LogP contribution in [-0.2, 0) is 24.8 Å². The fraction of sp³-hybridized carbons (Fsp3) is 0.211. The molecule has 1 unspecified atom stereocenters. The first-order chi connectivity index (χ1) is 12.8. The Kier molecular flexibility index (Phi) is 3.88. The van der Waals surface area contributed by atoms with Crippen LogP contribution in [0.2, 0.25) is 0 Å². The molecular weight excluding hydrogens is 368 g/mol. The number of carboxylic acids is 1. The van der Waals surface area contributed by atoms with E-state index in [0.717, 1.165) is 4.90 Å². The quantitative estimate of drug-likeness (QED) is 0.627. The molecule has 138 valence electrons. The highest BCUT2D eigenvalue weighted by Gasteiger charge is 2.61. The average Bonchev–Trinajstić information content (AvgIpc) is 2.66. The van der Waals surface area contributed by atoms with E-state index >= 15 is 0 Å². The lowest BCUT2D eigenvalue weighted by Crippen LogP contribution is -2.70. The topological polar surface area (TPSA) is 105 Å². The molecule has 2 fully saturated rings. The number of β-lactam (4-membered cyclic amide) rings is 1. The Hall–Kier alpha value is -3.00. The number of carbonyl (C=O) groups is 2. The Bertz CT molecular complexity index is 1050. The van der Waals surface area contributed by atoms with E-state index in [1.165, 1.54) is 6.08 Å². The van der Waals surface area contributed by atoms with E-state index < -0.39 is 38.3 Å². The highest BCUT2D eigenvalue weighted by molar-refractivity contribution is 7.92. The average molecular weight is 384 g/mol. The predicted molar refractivity (Wildman–Crippen MR) is 97.3 cm³/mol. The number of benzene rings is 1. The number of nitrogens with zero attached hydrogens (tertiary/aromatic N) is 2. The Morgan fingerprint density at radius 1 is 1.19 bits per heavy atom. The lowest BCUT2D eigenvalue weighted by atomic mass is 9.80. The van der Waals surface area contributed by atoms with Gasteiger partial charge in [0, 0.05) is 12.7 Å². The molecule has 2 aliphatic heterocycles. The van der Waals surface area contributed by atoms with E-state index in [4.69, 9.17) is 0 Å². The molecule has 4 rings (SSSR count). The maximum atomic E-state index is 13.0. The molecule has 0 spiro atoms. The van der Waals surface area contributed by atoms with Gasteiger partial charge in [0.1, 0.15) is 5.41 Å². The second-order valence-electron chi connectivity index (χ2n) is 6.70. The maximum Gasteiger partial charge on any atom is 0.317 e. The highest BCUT2D eigenvalue weighted by atomic mass is 32.2. The Labute approximate surface area is 155 Å². The van der Waals surface area contributed by atoms with Crippen LogP contribution in [0.4, 0.5) is 0 Å². The summed E-state index contributed by atoms with van der Waals surface area (Å²) in [6.45, 7) is -0.186. The molecule has 3 heterocycles. The zero-order chi connectivity index (χ0) is 19.2. The molecule has 2 atom stereocenters. The van der Waals surface area contributed by atoms with E-state index in [1.807, 2.05) is 0 Å². The first-order valence-corrected chi connectivity index (χ1v) is 10.0. The normalized spacial score (nSPS) is 27.7. The van der Waals surface area contributed by atoms with Crippen LogP contribution in [0, 0.1) is 0 Å². The zero-order valence-electron chi connectivity index (χ0n) is 14.1. The number of aliphatic carboxylic acids is 1. The molecule has 7 nitrogen and oxygen atoms in total. The van der Waals surface area contributed by atoms with Gasteiger partial charge in [0.2, 0.25) is 0 Å². The number of amides is 1. The number of carbonyl (C=O) groups excluding carboxylic acids is 1. The number of fused-ring (bicyclic) bond motifs is 1. The summed E-state index contributed by atoms with van der Waals surface area (Å²) >= 11 is 0. The molecule has 0 saturated carbocycles. The van der Waals surface area contributed by atoms with Gasteiger partial charge >= 0.3 is 5.97 Å². The number of sulfone groups is 1. The highest BCUT2D eigenvalue weighted by Crippen LogP contribution is 2.43. The van der Waals surface area contributed by atoms with Gasteiger partial charge in [-0.1, -0.05) is 36.4 Å². The van der Waals surface area contributed by atoms with Crippen molar-refractivity contribution in [2.24, 2.45) is 0 Å². The van der Waals surface area contributed by atoms with Crippen molar-refractivity contribution in [3.05, 3.63) is 71.6 Å². The smallest absolute Gasteiger partial charge is 0.317 e. The van der Waals surface area contributed by atoms with Crippen molar-refractivity contribution in [3.63, 3.8) is 0 Å². The molecule has 1 aromatic carbocycles. The summed E-state index contributed by atoms with van der Waals surface area (Å²) < 4.78 is 25.9. The van der Waals surface area contributed by atoms with Gasteiger partial charge < -0.3 is 10.0 Å². The number of pyridine rings is 1. The molecule has 0 radical (unpaired) electrons. The summed E-state index contributed by atoms with van der Waals surface area (Å²) in [7, 11) is -3.90. The van der Waals surface area contributed by atoms with Crippen LogP contribution in [0.15, 0.2) is 60.3 Å². The molecule has 1 N–H and O–H groups in total. The molecule has 1 aromatic heterocycles. The van der Waals surface area contributed by atoms with E-state index in [0.29, 0.717) is 11.3 Å². The number of hydrogen-bond donors (Lipinski definition) is 1. The second kappa shape index (κ2) is 6.02. The third-order valence-electron chi connectivity index (χ3n) is 5.01. The lowest BCUT2D eigenvalue weighted by Gasteiger charge is -2.50. The standard InChI is InChI=1S/C19H16N2O5S/c22-16-15(10-14-8-4-5-9-20-14)17-21(16)11-19(18(23)24,12-27(17,25)26)13-6-2-1-3-7-13/h1-10,17H,11-12H2,(H,23,24)/t17-,19?/m1/s1. The molecule has 0 aliphatic carbocycles. The van der Waals surface area contributed by atoms with Crippen molar-refractivity contribution in [2.75, 3.05) is 12.3 Å². The molecule has 27 heavy (non-hydrogen) atoms. The van der Waals surface area contributed by atoms with Crippen LogP contribution in [0.1, 0.15) is 11.3 Å². The number of aromatic nitrogens is 1. The summed E-state index contributed by atoms with van der Waals surface area (Å²) in [6, 6.07) is 13.3. The van der Waals surface area contributed by atoms with Crippen molar-refractivity contribution in [2.45, 2.75) is 10.8 Å². The molecular formula is C19H16N2O5S. The minimum absolute atomic E-state index is 0.126. The van der Waals surface area contributed by atoms with Crippen molar-refractivity contribution in [1.82, 2.24) is 9.88 Å². The number of hydrogen-bond acceptors (Lipinski definition) is 5. The van der Waals surface area contributed by atoms with Gasteiger partial charge in [-0.3, -0.25) is 14.6 Å². The minimum atomic E-state index is -3.90. The van der Waals surface area contributed by atoms with Crippen LogP contribution < -0.4 is 0 Å². The molecule has 0 bridgehead atoms. The zero-order valence-corrected chi connectivity index (χ0v) is 15.0. The third-order valence-corrected chi connectivity index (χ3v) is 7.10. The van der Waals surface area contributed by atoms with Gasteiger partial charge in [0.05, 0.1) is 17.0 Å². The molecule has 8 heteroatoms. The monoisotopic (exact) mass is 384 g/mol. The minimum Gasteiger partial charge on any atom is -0.480 e. The summed E-state index contributed by atoms with van der Waals surface area (Å²) in [6.07, 6.45) is 3.00. The Balaban J connectivity index is 1.76. The summed E-state index contributed by atoms with van der Waals surface area (Å²) in [5, 5.41) is 8.74. The van der Waals surface area contributed by atoms with E-state index in [-0.39, 0.29) is 12.1 Å². The van der Waals surface area contributed by atoms with Crippen LogP contribution in [0.3, 0.4) is 0 Å². The molecule has 2 aromatic rings. The van der Waals surface area contributed by atoms with Crippen molar-refractivity contribution in [3.8, 4) is 0 Å². The Morgan fingerprint density at radius 3 is 2.52 bits per heavy atom. The summed E-state index contributed by atoms with van der Waals surface area (Å²) in [5.74, 6) is -2.30. The molecule has 2 aliphatic rings. The van der Waals surface area contributed by atoms with Crippen molar-refractivity contribution in [1.29, 1.82) is 0 Å².